The minimum absolute atomic E-state index is 0.475. The average Bonchev–Trinajstić information content (AvgIpc) is 3.14. The molecule has 2 heterocycles. The van der Waals surface area contributed by atoms with Gasteiger partial charge in [0, 0.05) is 6.04 Å². The summed E-state index contributed by atoms with van der Waals surface area (Å²) in [6.45, 7) is 0.720. The van der Waals surface area contributed by atoms with Crippen molar-refractivity contribution in [2.75, 3.05) is 17.7 Å². The van der Waals surface area contributed by atoms with E-state index in [-0.39, 0.29) is 0 Å². The van der Waals surface area contributed by atoms with Crippen molar-refractivity contribution >= 4 is 11.5 Å². The zero-order chi connectivity index (χ0) is 13.2. The van der Waals surface area contributed by atoms with Crippen LogP contribution < -0.4 is 15.4 Å². The highest BCUT2D eigenvalue weighted by Gasteiger charge is 2.31. The van der Waals surface area contributed by atoms with E-state index in [2.05, 4.69) is 9.88 Å². The predicted molar refractivity (Wildman–Crippen MR) is 73.1 cm³/mol. The van der Waals surface area contributed by atoms with E-state index in [9.17, 15) is 0 Å². The molecular formula is C14H17N3O2. The maximum atomic E-state index is 5.80. The van der Waals surface area contributed by atoms with E-state index in [1.807, 2.05) is 24.3 Å². The second-order valence-electron chi connectivity index (χ2n) is 4.71. The molecule has 5 nitrogen and oxygen atoms in total. The molecule has 0 saturated heterocycles. The number of furan rings is 1. The molecule has 0 bridgehead atoms. The van der Waals surface area contributed by atoms with E-state index in [0.29, 0.717) is 17.6 Å². The Balaban J connectivity index is 1.87. The molecule has 0 atom stereocenters. The van der Waals surface area contributed by atoms with Crippen LogP contribution in [0.1, 0.15) is 18.6 Å². The highest BCUT2D eigenvalue weighted by Crippen LogP contribution is 2.34. The molecule has 0 unspecified atom stereocenters. The molecule has 2 aromatic heterocycles. The van der Waals surface area contributed by atoms with E-state index in [4.69, 9.17) is 14.9 Å². The normalized spacial score (nSPS) is 14.4. The predicted octanol–water partition coefficient (Wildman–Crippen LogP) is 2.43. The Kier molecular flexibility index (Phi) is 3.03. The molecule has 1 aliphatic rings. The second kappa shape index (κ2) is 4.84. The van der Waals surface area contributed by atoms with Crippen molar-refractivity contribution in [2.24, 2.45) is 0 Å². The van der Waals surface area contributed by atoms with Gasteiger partial charge in [-0.25, -0.2) is 0 Å². The van der Waals surface area contributed by atoms with Crippen molar-refractivity contribution < 1.29 is 9.15 Å². The van der Waals surface area contributed by atoms with Gasteiger partial charge in [0.05, 0.1) is 25.6 Å². The number of aromatic nitrogens is 1. The molecule has 0 amide bonds. The zero-order valence-electron chi connectivity index (χ0n) is 10.9. The van der Waals surface area contributed by atoms with Gasteiger partial charge in [0.15, 0.2) is 0 Å². The van der Waals surface area contributed by atoms with Gasteiger partial charge < -0.3 is 19.8 Å². The summed E-state index contributed by atoms with van der Waals surface area (Å²) >= 11 is 0. The van der Waals surface area contributed by atoms with Crippen LogP contribution >= 0.6 is 0 Å². The highest BCUT2D eigenvalue weighted by atomic mass is 16.5. The molecule has 1 aliphatic carbocycles. The smallest absolute Gasteiger partial charge is 0.238 e. The minimum Gasteiger partial charge on any atom is -0.479 e. The summed E-state index contributed by atoms with van der Waals surface area (Å²) in [6, 6.07) is 8.17. The number of pyridine rings is 1. The number of ether oxygens (including phenoxy) is 1. The number of hydrogen-bond acceptors (Lipinski definition) is 5. The molecule has 0 aromatic carbocycles. The maximum absolute atomic E-state index is 5.80. The molecule has 2 N–H and O–H groups in total. The van der Waals surface area contributed by atoms with Crippen LogP contribution in [0.2, 0.25) is 0 Å². The fraction of sp³-hybridized carbons (Fsp3) is 0.357. The first-order valence-corrected chi connectivity index (χ1v) is 6.37. The van der Waals surface area contributed by atoms with Crippen LogP contribution in [0, 0.1) is 0 Å². The minimum atomic E-state index is 0.475. The van der Waals surface area contributed by atoms with Gasteiger partial charge in [-0.2, -0.15) is 4.98 Å². The molecule has 5 heteroatoms. The lowest BCUT2D eigenvalue weighted by molar-refractivity contribution is 0.400. The average molecular weight is 259 g/mol. The van der Waals surface area contributed by atoms with Gasteiger partial charge in [-0.1, -0.05) is 0 Å². The number of methoxy groups -OCH3 is 1. The quantitative estimate of drug-likeness (QED) is 0.893. The number of nitrogens with two attached hydrogens (primary N) is 1. The summed E-state index contributed by atoms with van der Waals surface area (Å²) in [5.74, 6) is 2.29. The lowest BCUT2D eigenvalue weighted by Crippen LogP contribution is -2.25. The summed E-state index contributed by atoms with van der Waals surface area (Å²) in [4.78, 5) is 6.71. The molecule has 1 saturated carbocycles. The number of hydrogen-bond donors (Lipinski definition) is 1. The number of anilines is 2. The summed E-state index contributed by atoms with van der Waals surface area (Å²) in [5.41, 5.74) is 6.36. The van der Waals surface area contributed by atoms with E-state index in [1.54, 1.807) is 13.4 Å². The van der Waals surface area contributed by atoms with Gasteiger partial charge in [-0.15, -0.1) is 0 Å². The van der Waals surface area contributed by atoms with Gasteiger partial charge in [0.1, 0.15) is 11.6 Å². The molecule has 1 fully saturated rings. The molecule has 0 spiro atoms. The van der Waals surface area contributed by atoms with Crippen LogP contribution in [0.4, 0.5) is 11.5 Å². The monoisotopic (exact) mass is 259 g/mol. The first-order valence-electron chi connectivity index (χ1n) is 6.37. The lowest BCUT2D eigenvalue weighted by Gasteiger charge is -2.23. The highest BCUT2D eigenvalue weighted by molar-refractivity contribution is 5.55. The molecule has 3 rings (SSSR count). The fourth-order valence-corrected chi connectivity index (χ4v) is 2.12. The lowest BCUT2D eigenvalue weighted by atomic mass is 10.3. The Morgan fingerprint density at radius 3 is 2.89 bits per heavy atom. The van der Waals surface area contributed by atoms with Gasteiger partial charge in [0.2, 0.25) is 5.88 Å². The summed E-state index contributed by atoms with van der Waals surface area (Å²) in [5, 5.41) is 0. The molecule has 0 radical (unpaired) electrons. The summed E-state index contributed by atoms with van der Waals surface area (Å²) < 4.78 is 10.6. The molecule has 2 aromatic rings. The van der Waals surface area contributed by atoms with Crippen molar-refractivity contribution in [3.63, 3.8) is 0 Å². The zero-order valence-corrected chi connectivity index (χ0v) is 10.9. The van der Waals surface area contributed by atoms with Crippen LogP contribution in [-0.4, -0.2) is 18.1 Å². The number of rotatable bonds is 5. The van der Waals surface area contributed by atoms with Crippen LogP contribution in [0.3, 0.4) is 0 Å². The third-order valence-electron chi connectivity index (χ3n) is 3.26. The van der Waals surface area contributed by atoms with E-state index < -0.39 is 0 Å². The van der Waals surface area contributed by atoms with Crippen LogP contribution in [0.5, 0.6) is 5.88 Å². The number of nitrogen functional groups attached to an aromatic ring is 1. The maximum Gasteiger partial charge on any atom is 0.238 e. The molecule has 19 heavy (non-hydrogen) atoms. The van der Waals surface area contributed by atoms with Crippen molar-refractivity contribution in [3.05, 3.63) is 36.3 Å². The molecular weight excluding hydrogens is 242 g/mol. The van der Waals surface area contributed by atoms with Gasteiger partial charge >= 0.3 is 0 Å². The SMILES string of the molecule is COc1nc(N(Cc2ccco2)C2CC2)ccc1N. The van der Waals surface area contributed by atoms with Crippen molar-refractivity contribution in [2.45, 2.75) is 25.4 Å². The largest absolute Gasteiger partial charge is 0.479 e. The first kappa shape index (κ1) is 11.9. The van der Waals surface area contributed by atoms with E-state index in [0.717, 1.165) is 18.1 Å². The van der Waals surface area contributed by atoms with Gasteiger partial charge in [-0.05, 0) is 37.1 Å². The summed E-state index contributed by atoms with van der Waals surface area (Å²) in [7, 11) is 1.58. The first-order chi connectivity index (χ1) is 9.28. The van der Waals surface area contributed by atoms with Crippen LogP contribution in [0.25, 0.3) is 0 Å². The van der Waals surface area contributed by atoms with Gasteiger partial charge in [0.25, 0.3) is 0 Å². The van der Waals surface area contributed by atoms with Gasteiger partial charge in [-0.3, -0.25) is 0 Å². The third-order valence-corrected chi connectivity index (χ3v) is 3.26. The van der Waals surface area contributed by atoms with E-state index in [1.165, 1.54) is 12.8 Å². The number of nitrogens with zero attached hydrogens (tertiary/aromatic N) is 2. The Labute approximate surface area is 112 Å². The Bertz CT molecular complexity index is 550. The Morgan fingerprint density at radius 2 is 2.26 bits per heavy atom. The van der Waals surface area contributed by atoms with Crippen LogP contribution in [-0.2, 0) is 6.54 Å². The standard InChI is InChI=1S/C14H17N3O2/c1-18-14-12(15)6-7-13(16-14)17(10-4-5-10)9-11-3-2-8-19-11/h2-3,6-8,10H,4-5,9,15H2,1H3. The summed E-state index contributed by atoms with van der Waals surface area (Å²) in [6.07, 6.45) is 4.07. The van der Waals surface area contributed by atoms with Crippen molar-refractivity contribution in [1.29, 1.82) is 0 Å². The van der Waals surface area contributed by atoms with E-state index >= 15 is 0 Å². The van der Waals surface area contributed by atoms with Crippen LogP contribution in [0.15, 0.2) is 34.9 Å². The Morgan fingerprint density at radius 1 is 1.42 bits per heavy atom. The Hall–Kier alpha value is -2.17. The molecule has 0 aliphatic heterocycles. The fourth-order valence-electron chi connectivity index (χ4n) is 2.12. The second-order valence-corrected chi connectivity index (χ2v) is 4.71. The van der Waals surface area contributed by atoms with Crippen molar-refractivity contribution in [1.82, 2.24) is 4.98 Å². The third kappa shape index (κ3) is 2.50. The topological polar surface area (TPSA) is 64.5 Å². The molecule has 100 valence electrons. The van der Waals surface area contributed by atoms with Crippen molar-refractivity contribution in [3.8, 4) is 5.88 Å².